The van der Waals surface area contributed by atoms with Crippen molar-refractivity contribution in [3.63, 3.8) is 0 Å². The molecule has 1 heterocycles. The molecule has 1 aliphatic rings. The zero-order valence-corrected chi connectivity index (χ0v) is 14.3. The van der Waals surface area contributed by atoms with Crippen LogP contribution in [-0.2, 0) is 9.47 Å². The first-order chi connectivity index (χ1) is 9.66. The average molecular weight is 409 g/mol. The molecular formula is C14H19Br2NO3. The van der Waals surface area contributed by atoms with Gasteiger partial charge in [0.25, 0.3) is 0 Å². The van der Waals surface area contributed by atoms with Crippen molar-refractivity contribution in [2.45, 2.75) is 25.0 Å². The Labute approximate surface area is 136 Å². The fourth-order valence-corrected chi connectivity index (χ4v) is 3.34. The monoisotopic (exact) mass is 407 g/mol. The lowest BCUT2D eigenvalue weighted by molar-refractivity contribution is -0.0137. The minimum Gasteiger partial charge on any atom is -0.389 e. The molecule has 6 heteroatoms. The van der Waals surface area contributed by atoms with Gasteiger partial charge < -0.3 is 19.9 Å². The summed E-state index contributed by atoms with van der Waals surface area (Å²) >= 11 is 6.95. The van der Waals surface area contributed by atoms with E-state index in [4.69, 9.17) is 9.47 Å². The van der Waals surface area contributed by atoms with Gasteiger partial charge in [0.05, 0.1) is 31.1 Å². The number of aliphatic hydroxyl groups is 1. The van der Waals surface area contributed by atoms with E-state index >= 15 is 0 Å². The van der Waals surface area contributed by atoms with Crippen LogP contribution in [0, 0.1) is 0 Å². The van der Waals surface area contributed by atoms with Gasteiger partial charge in [-0.15, -0.1) is 0 Å². The van der Waals surface area contributed by atoms with Crippen molar-refractivity contribution in [2.75, 3.05) is 31.7 Å². The smallest absolute Gasteiger partial charge is 0.0945 e. The Bertz CT molecular complexity index is 405. The van der Waals surface area contributed by atoms with E-state index in [-0.39, 0.29) is 6.10 Å². The number of hydrogen-bond donors (Lipinski definition) is 2. The van der Waals surface area contributed by atoms with Crippen molar-refractivity contribution in [1.82, 2.24) is 0 Å². The Balaban J connectivity index is 1.68. The highest BCUT2D eigenvalue weighted by Gasteiger charge is 2.16. The summed E-state index contributed by atoms with van der Waals surface area (Å²) in [4.78, 5) is 0. The van der Waals surface area contributed by atoms with Crippen LogP contribution in [0.4, 0.5) is 5.69 Å². The molecule has 2 N–H and O–H groups in total. The third-order valence-corrected chi connectivity index (χ3v) is 4.44. The summed E-state index contributed by atoms with van der Waals surface area (Å²) in [6.45, 7) is 2.14. The van der Waals surface area contributed by atoms with E-state index in [0.717, 1.165) is 34.1 Å². The number of rotatable bonds is 7. The molecule has 0 aromatic heterocycles. The van der Waals surface area contributed by atoms with E-state index in [9.17, 15) is 5.11 Å². The highest BCUT2D eigenvalue weighted by atomic mass is 79.9. The Morgan fingerprint density at radius 3 is 2.80 bits per heavy atom. The maximum absolute atomic E-state index is 9.91. The number of nitrogens with one attached hydrogen (secondary N) is 1. The Morgan fingerprint density at radius 2 is 2.15 bits per heavy atom. The van der Waals surface area contributed by atoms with Crippen LogP contribution in [0.1, 0.15) is 12.8 Å². The first-order valence-corrected chi connectivity index (χ1v) is 8.30. The molecule has 20 heavy (non-hydrogen) atoms. The molecule has 0 spiro atoms. The van der Waals surface area contributed by atoms with Crippen LogP contribution in [0.5, 0.6) is 0 Å². The van der Waals surface area contributed by atoms with Crippen LogP contribution in [0.15, 0.2) is 27.1 Å². The third kappa shape index (κ3) is 5.00. The number of benzene rings is 1. The van der Waals surface area contributed by atoms with Gasteiger partial charge in [-0.25, -0.2) is 0 Å². The summed E-state index contributed by atoms with van der Waals surface area (Å²) in [5, 5.41) is 13.1. The standard InChI is InChI=1S/C14H19Br2NO3/c15-12-4-1-5-13(16)14(12)17-7-10(18)8-19-9-11-3-2-6-20-11/h1,4-5,10-11,17-18H,2-3,6-9H2. The van der Waals surface area contributed by atoms with Gasteiger partial charge in [-0.3, -0.25) is 0 Å². The molecule has 0 saturated carbocycles. The molecule has 0 aliphatic carbocycles. The van der Waals surface area contributed by atoms with Crippen molar-refractivity contribution in [1.29, 1.82) is 0 Å². The third-order valence-electron chi connectivity index (χ3n) is 3.12. The van der Waals surface area contributed by atoms with Gasteiger partial charge in [0, 0.05) is 22.1 Å². The van der Waals surface area contributed by atoms with E-state index in [0.29, 0.717) is 19.8 Å². The van der Waals surface area contributed by atoms with Gasteiger partial charge >= 0.3 is 0 Å². The van der Waals surface area contributed by atoms with Gasteiger partial charge in [-0.05, 0) is 56.8 Å². The van der Waals surface area contributed by atoms with E-state index in [1.54, 1.807) is 0 Å². The van der Waals surface area contributed by atoms with Crippen molar-refractivity contribution in [3.8, 4) is 0 Å². The molecule has 2 rings (SSSR count). The lowest BCUT2D eigenvalue weighted by Gasteiger charge is -2.16. The quantitative estimate of drug-likeness (QED) is 0.727. The van der Waals surface area contributed by atoms with Crippen molar-refractivity contribution in [2.24, 2.45) is 0 Å². The minimum atomic E-state index is -0.546. The molecule has 112 valence electrons. The fraction of sp³-hybridized carbons (Fsp3) is 0.571. The first-order valence-electron chi connectivity index (χ1n) is 6.72. The van der Waals surface area contributed by atoms with Gasteiger partial charge in [0.1, 0.15) is 0 Å². The van der Waals surface area contributed by atoms with E-state index in [1.807, 2.05) is 18.2 Å². The maximum atomic E-state index is 9.91. The largest absolute Gasteiger partial charge is 0.389 e. The van der Waals surface area contributed by atoms with Crippen LogP contribution in [0.3, 0.4) is 0 Å². The van der Waals surface area contributed by atoms with Gasteiger partial charge in [0.15, 0.2) is 0 Å². The molecule has 2 atom stereocenters. The van der Waals surface area contributed by atoms with Crippen molar-refractivity contribution in [3.05, 3.63) is 27.1 Å². The molecule has 4 nitrogen and oxygen atoms in total. The number of hydrogen-bond acceptors (Lipinski definition) is 4. The second-order valence-electron chi connectivity index (χ2n) is 4.80. The summed E-state index contributed by atoms with van der Waals surface area (Å²) in [6.07, 6.45) is 1.81. The number of halogens is 2. The number of anilines is 1. The molecule has 1 aliphatic heterocycles. The van der Waals surface area contributed by atoms with E-state index in [1.165, 1.54) is 0 Å². The topological polar surface area (TPSA) is 50.7 Å². The molecule has 2 unspecified atom stereocenters. The minimum absolute atomic E-state index is 0.201. The number of para-hydroxylation sites is 1. The molecule has 1 saturated heterocycles. The summed E-state index contributed by atoms with van der Waals surface area (Å²) < 4.78 is 12.9. The van der Waals surface area contributed by atoms with Crippen LogP contribution in [0.25, 0.3) is 0 Å². The van der Waals surface area contributed by atoms with E-state index in [2.05, 4.69) is 37.2 Å². The molecule has 1 aromatic rings. The molecular weight excluding hydrogens is 390 g/mol. The summed E-state index contributed by atoms with van der Waals surface area (Å²) in [5.41, 5.74) is 0.936. The summed E-state index contributed by atoms with van der Waals surface area (Å²) in [6, 6.07) is 5.85. The van der Waals surface area contributed by atoms with Gasteiger partial charge in [0.2, 0.25) is 0 Å². The second-order valence-corrected chi connectivity index (χ2v) is 6.51. The maximum Gasteiger partial charge on any atom is 0.0945 e. The Hall–Kier alpha value is -0.140. The average Bonchev–Trinajstić information content (AvgIpc) is 2.91. The van der Waals surface area contributed by atoms with Crippen molar-refractivity contribution < 1.29 is 14.6 Å². The normalized spacial score (nSPS) is 20.1. The van der Waals surface area contributed by atoms with Gasteiger partial charge in [-0.1, -0.05) is 6.07 Å². The Kier molecular flexibility index (Phi) is 6.77. The van der Waals surface area contributed by atoms with Crippen LogP contribution < -0.4 is 5.32 Å². The highest BCUT2D eigenvalue weighted by Crippen LogP contribution is 2.30. The van der Waals surface area contributed by atoms with Gasteiger partial charge in [-0.2, -0.15) is 0 Å². The number of ether oxygens (including phenoxy) is 2. The SMILES string of the molecule is OC(CNc1c(Br)cccc1Br)COCC1CCCO1. The van der Waals surface area contributed by atoms with E-state index < -0.39 is 6.10 Å². The van der Waals surface area contributed by atoms with Crippen molar-refractivity contribution >= 4 is 37.5 Å². The summed E-state index contributed by atoms with van der Waals surface area (Å²) in [7, 11) is 0. The highest BCUT2D eigenvalue weighted by molar-refractivity contribution is 9.11. The predicted octanol–water partition coefficient (Wildman–Crippen LogP) is 3.18. The molecule has 1 aromatic carbocycles. The van der Waals surface area contributed by atoms with Crippen LogP contribution in [0.2, 0.25) is 0 Å². The predicted molar refractivity (Wildman–Crippen MR) is 86.1 cm³/mol. The zero-order valence-electron chi connectivity index (χ0n) is 11.1. The lowest BCUT2D eigenvalue weighted by Crippen LogP contribution is -2.27. The zero-order chi connectivity index (χ0) is 14.4. The Morgan fingerprint density at radius 1 is 1.40 bits per heavy atom. The number of aliphatic hydroxyl groups excluding tert-OH is 1. The first kappa shape index (κ1) is 16.2. The molecule has 1 fully saturated rings. The summed E-state index contributed by atoms with van der Waals surface area (Å²) in [5.74, 6) is 0. The van der Waals surface area contributed by atoms with Crippen LogP contribution >= 0.6 is 31.9 Å². The molecule has 0 radical (unpaired) electrons. The molecule has 0 amide bonds. The van der Waals surface area contributed by atoms with Crippen LogP contribution in [-0.4, -0.2) is 43.7 Å². The fourth-order valence-electron chi connectivity index (χ4n) is 2.06. The lowest BCUT2D eigenvalue weighted by atomic mass is 10.2. The molecule has 0 bridgehead atoms. The second kappa shape index (κ2) is 8.34.